The van der Waals surface area contributed by atoms with Crippen molar-refractivity contribution < 1.29 is 28.9 Å². The zero-order chi connectivity index (χ0) is 33.5. The third kappa shape index (κ3) is 27.2. The summed E-state index contributed by atoms with van der Waals surface area (Å²) in [6.07, 6.45) is 37.9. The average Bonchev–Trinajstić information content (AvgIpc) is 3.81. The van der Waals surface area contributed by atoms with E-state index in [9.17, 15) is 14.7 Å². The molecule has 0 spiro atoms. The molecule has 0 aromatic rings. The van der Waals surface area contributed by atoms with Crippen LogP contribution in [0.1, 0.15) is 168 Å². The molecule has 0 aromatic heterocycles. The Balaban J connectivity index is 1.88. The number of carbonyl (C=O) groups is 2. The van der Waals surface area contributed by atoms with Gasteiger partial charge in [0.1, 0.15) is 19.3 Å². The van der Waals surface area contributed by atoms with Crippen LogP contribution in [0, 0.1) is 5.92 Å². The van der Waals surface area contributed by atoms with E-state index in [1.165, 1.54) is 83.5 Å². The molecule has 266 valence electrons. The minimum atomic E-state index is -0.990. The number of esters is 2. The minimum Gasteiger partial charge on any atom is -0.463 e. The van der Waals surface area contributed by atoms with Gasteiger partial charge in [0.2, 0.25) is 0 Å². The number of allylic oxidation sites excluding steroid dienone is 4. The van der Waals surface area contributed by atoms with Crippen molar-refractivity contribution in [1.82, 2.24) is 0 Å². The molecule has 0 amide bonds. The molecule has 1 N–H and O–H groups in total. The van der Waals surface area contributed by atoms with E-state index in [1.54, 1.807) is 0 Å². The van der Waals surface area contributed by atoms with Crippen molar-refractivity contribution in [3.8, 4) is 0 Å². The summed E-state index contributed by atoms with van der Waals surface area (Å²) >= 11 is 0. The summed E-state index contributed by atoms with van der Waals surface area (Å²) in [5.41, 5.74) is 0. The van der Waals surface area contributed by atoms with Crippen molar-refractivity contribution in [2.45, 2.75) is 187 Å². The molecule has 0 radical (unpaired) electrons. The Kier molecular flexibility index (Phi) is 27.8. The van der Waals surface area contributed by atoms with Gasteiger partial charge in [-0.1, -0.05) is 141 Å². The van der Waals surface area contributed by atoms with Gasteiger partial charge < -0.3 is 19.3 Å². The molecule has 1 heterocycles. The molecule has 6 nitrogen and oxygen atoms in total. The molecule has 6 heteroatoms. The van der Waals surface area contributed by atoms with Gasteiger partial charge >= 0.3 is 11.9 Å². The molecule has 1 fully saturated rings. The van der Waals surface area contributed by atoms with E-state index < -0.39 is 6.10 Å². The summed E-state index contributed by atoms with van der Waals surface area (Å²) in [6, 6.07) is 0. The van der Waals surface area contributed by atoms with E-state index in [4.69, 9.17) is 14.2 Å². The van der Waals surface area contributed by atoms with E-state index in [-0.39, 0.29) is 25.2 Å². The van der Waals surface area contributed by atoms with Crippen LogP contribution in [0.3, 0.4) is 0 Å². The molecule has 0 aromatic carbocycles. The van der Waals surface area contributed by atoms with Gasteiger partial charge in [0.15, 0.2) is 0 Å². The summed E-state index contributed by atoms with van der Waals surface area (Å²) < 4.78 is 16.0. The number of carbonyl (C=O) groups excluding carboxylic acids is 2. The summed E-state index contributed by atoms with van der Waals surface area (Å²) in [5, 5.41) is 10.0. The number of epoxide rings is 1. The van der Waals surface area contributed by atoms with E-state index in [0.29, 0.717) is 31.5 Å². The maximum atomic E-state index is 12.0. The lowest BCUT2D eigenvalue weighted by atomic mass is 9.99. The van der Waals surface area contributed by atoms with Gasteiger partial charge in [0.25, 0.3) is 0 Å². The third-order valence-corrected chi connectivity index (χ3v) is 8.82. The molecule has 4 atom stereocenters. The van der Waals surface area contributed by atoms with Crippen molar-refractivity contribution in [3.05, 3.63) is 36.5 Å². The number of hydrogen-bond acceptors (Lipinski definition) is 6. The van der Waals surface area contributed by atoms with Gasteiger partial charge in [-0.3, -0.25) is 9.59 Å². The Bertz CT molecular complexity index is 819. The van der Waals surface area contributed by atoms with Crippen molar-refractivity contribution >= 4 is 11.9 Å². The van der Waals surface area contributed by atoms with Crippen LogP contribution in [0.25, 0.3) is 0 Å². The van der Waals surface area contributed by atoms with E-state index in [0.717, 1.165) is 50.9 Å². The van der Waals surface area contributed by atoms with Crippen LogP contribution in [0.4, 0.5) is 0 Å². The lowest BCUT2D eigenvalue weighted by Gasteiger charge is -2.12. The van der Waals surface area contributed by atoms with Crippen LogP contribution in [0.5, 0.6) is 0 Å². The molecule has 0 bridgehead atoms. The smallest absolute Gasteiger partial charge is 0.305 e. The molecular formula is C40H70O6. The summed E-state index contributed by atoms with van der Waals surface area (Å²) in [4.78, 5) is 23.9. The Morgan fingerprint density at radius 2 is 1.15 bits per heavy atom. The van der Waals surface area contributed by atoms with Crippen molar-refractivity contribution in [2.75, 3.05) is 13.2 Å². The number of rotatable bonds is 32. The summed E-state index contributed by atoms with van der Waals surface area (Å²) in [6.45, 7) is 6.57. The number of aliphatic hydroxyl groups is 1. The van der Waals surface area contributed by atoms with Crippen molar-refractivity contribution in [1.29, 1.82) is 0 Å². The molecule has 3 unspecified atom stereocenters. The first-order valence-corrected chi connectivity index (χ1v) is 19.1. The zero-order valence-corrected chi connectivity index (χ0v) is 29.9. The predicted molar refractivity (Wildman–Crippen MR) is 191 cm³/mol. The fourth-order valence-corrected chi connectivity index (χ4v) is 5.39. The highest BCUT2D eigenvalue weighted by Crippen LogP contribution is 2.29. The van der Waals surface area contributed by atoms with E-state index in [1.807, 2.05) is 0 Å². The van der Waals surface area contributed by atoms with Crippen LogP contribution in [-0.2, 0) is 23.8 Å². The summed E-state index contributed by atoms with van der Waals surface area (Å²) in [5.74, 6) is 0.238. The topological polar surface area (TPSA) is 85.4 Å². The SMILES string of the molecule is CCCCC/C=C\C/C=C\CC1OC1C/C=C\CCCC(=O)OC[C@H](O)COC(=O)CCCCCCCCCCCCC(C)CC. The Morgan fingerprint density at radius 1 is 0.652 bits per heavy atom. The van der Waals surface area contributed by atoms with Gasteiger partial charge in [-0.2, -0.15) is 0 Å². The normalized spacial score (nSPS) is 17.7. The lowest BCUT2D eigenvalue weighted by Crippen LogP contribution is -2.25. The molecule has 0 saturated carbocycles. The van der Waals surface area contributed by atoms with Gasteiger partial charge in [-0.25, -0.2) is 0 Å². The summed E-state index contributed by atoms with van der Waals surface area (Å²) in [7, 11) is 0. The number of ether oxygens (including phenoxy) is 3. The quantitative estimate of drug-likeness (QED) is 0.0339. The van der Waals surface area contributed by atoms with Gasteiger partial charge in [-0.05, 0) is 57.3 Å². The molecule has 1 saturated heterocycles. The van der Waals surface area contributed by atoms with Gasteiger partial charge in [0, 0.05) is 12.8 Å². The molecule has 1 aliphatic rings. The van der Waals surface area contributed by atoms with Gasteiger partial charge in [0.05, 0.1) is 12.2 Å². The third-order valence-electron chi connectivity index (χ3n) is 8.82. The minimum absolute atomic E-state index is 0.137. The van der Waals surface area contributed by atoms with Crippen molar-refractivity contribution in [2.24, 2.45) is 5.92 Å². The second-order valence-electron chi connectivity index (χ2n) is 13.3. The second-order valence-corrected chi connectivity index (χ2v) is 13.3. The second kappa shape index (κ2) is 30.4. The van der Waals surface area contributed by atoms with Gasteiger partial charge in [-0.15, -0.1) is 0 Å². The van der Waals surface area contributed by atoms with Crippen LogP contribution < -0.4 is 0 Å². The highest BCUT2D eigenvalue weighted by atomic mass is 16.6. The highest BCUT2D eigenvalue weighted by molar-refractivity contribution is 5.69. The number of hydrogen-bond donors (Lipinski definition) is 1. The molecule has 1 rings (SSSR count). The average molecular weight is 647 g/mol. The fraction of sp³-hybridized carbons (Fsp3) is 0.800. The maximum Gasteiger partial charge on any atom is 0.305 e. The van der Waals surface area contributed by atoms with Crippen LogP contribution in [0.15, 0.2) is 36.5 Å². The zero-order valence-electron chi connectivity index (χ0n) is 29.9. The van der Waals surface area contributed by atoms with Crippen molar-refractivity contribution in [3.63, 3.8) is 0 Å². The standard InChI is InChI=1S/C40H70O6/c1-4-6-7-8-9-12-16-19-24-29-37-38(46-37)30-25-21-22-27-32-40(43)45-34-36(41)33-44-39(42)31-26-20-17-14-11-10-13-15-18-23-28-35(3)5-2/h9,12,19,21,24-25,35-38,41H,4-8,10-11,13-18,20,22-23,26-34H2,1-3H3/b12-9-,24-19-,25-21-/t35?,36-,37?,38?/m1/s1. The van der Waals surface area contributed by atoms with E-state index >= 15 is 0 Å². The molecule has 1 aliphatic heterocycles. The Labute approximate surface area is 282 Å². The molecular weight excluding hydrogens is 576 g/mol. The first kappa shape index (κ1) is 42.1. The largest absolute Gasteiger partial charge is 0.463 e. The number of aliphatic hydroxyl groups excluding tert-OH is 1. The number of unbranched alkanes of at least 4 members (excludes halogenated alkanes) is 13. The predicted octanol–water partition coefficient (Wildman–Crippen LogP) is 10.5. The van der Waals surface area contributed by atoms with E-state index in [2.05, 4.69) is 57.2 Å². The fourth-order valence-electron chi connectivity index (χ4n) is 5.39. The highest BCUT2D eigenvalue weighted by Gasteiger charge is 2.35. The molecule has 46 heavy (non-hydrogen) atoms. The van der Waals surface area contributed by atoms with Crippen LogP contribution >= 0.6 is 0 Å². The Hall–Kier alpha value is -1.92. The first-order chi connectivity index (χ1) is 22.5. The maximum absolute atomic E-state index is 12.0. The monoisotopic (exact) mass is 647 g/mol. The van der Waals surface area contributed by atoms with Crippen LogP contribution in [-0.4, -0.2) is 48.6 Å². The lowest BCUT2D eigenvalue weighted by molar-refractivity contribution is -0.152. The molecule has 0 aliphatic carbocycles. The Morgan fingerprint density at radius 3 is 1.76 bits per heavy atom. The first-order valence-electron chi connectivity index (χ1n) is 19.1. The van der Waals surface area contributed by atoms with Crippen LogP contribution in [0.2, 0.25) is 0 Å².